The Morgan fingerprint density at radius 3 is 1.38 bits per heavy atom. The second-order valence-electron chi connectivity index (χ2n) is 2.54. The van der Waals surface area contributed by atoms with Crippen LogP contribution in [0.25, 0.3) is 0 Å². The second kappa shape index (κ2) is 10.7. The maximum absolute atomic E-state index is 12.7. The van der Waals surface area contributed by atoms with Gasteiger partial charge in [0.1, 0.15) is 0 Å². The molecule has 1 rings (SSSR count). The summed E-state index contributed by atoms with van der Waals surface area (Å²) in [7, 11) is -2.95. The minimum Gasteiger partial charge on any atom is -0.820 e. The summed E-state index contributed by atoms with van der Waals surface area (Å²) >= 11 is 0. The van der Waals surface area contributed by atoms with Gasteiger partial charge in [0, 0.05) is 0 Å². The predicted octanol–water partition coefficient (Wildman–Crippen LogP) is -3.09. The molecule has 0 aliphatic heterocycles. The molecule has 0 amide bonds. The van der Waals surface area contributed by atoms with Gasteiger partial charge in [0.05, 0.1) is 0 Å². The largest absolute Gasteiger partial charge is 1.00 e. The molecule has 0 saturated carbocycles. The third-order valence-electron chi connectivity index (χ3n) is 1.45. The number of hydrogen-bond acceptors (Lipinski definition) is 8. The van der Waals surface area contributed by atoms with Crippen molar-refractivity contribution in [3.05, 3.63) is 29.1 Å². The van der Waals surface area contributed by atoms with Gasteiger partial charge in [-0.2, -0.15) is 8.78 Å². The van der Waals surface area contributed by atoms with Gasteiger partial charge < -0.3 is 14.7 Å². The van der Waals surface area contributed by atoms with Gasteiger partial charge in [-0.15, -0.1) is 0 Å². The van der Waals surface area contributed by atoms with Gasteiger partial charge in [0.25, 0.3) is 0 Å². The van der Waals surface area contributed by atoms with Gasteiger partial charge in [0.2, 0.25) is 29.1 Å². The summed E-state index contributed by atoms with van der Waals surface area (Å²) in [5.41, 5.74) is 0. The van der Waals surface area contributed by atoms with Crippen molar-refractivity contribution in [3.63, 3.8) is 0 Å². The van der Waals surface area contributed by atoms with Crippen LogP contribution in [0, 0.1) is 29.1 Å². The Morgan fingerprint density at radius 1 is 0.810 bits per heavy atom. The van der Waals surface area contributed by atoms with E-state index >= 15 is 0 Å². The van der Waals surface area contributed by atoms with Crippen LogP contribution >= 0.6 is 0 Å². The number of benzene rings is 1. The van der Waals surface area contributed by atoms with Gasteiger partial charge in [-0.05, 0) is 15.1 Å². The third-order valence-corrected chi connectivity index (χ3v) is 1.45. The Labute approximate surface area is 124 Å². The molecule has 15 heteroatoms. The standard InChI is InChI=1S/C6HBF5O3.Li.H2O5/c8-1-2(9)4(11)6(15-7(13)14)5(12)3(1)10;;1-3-5-4-2/h13H;;1-2H/q-1;+1;. The minimum atomic E-state index is -2.95. The fourth-order valence-corrected chi connectivity index (χ4v) is 0.803. The zero-order chi connectivity index (χ0) is 15.9. The summed E-state index contributed by atoms with van der Waals surface area (Å²) in [6.45, 7) is 0. The molecule has 0 fully saturated rings. The van der Waals surface area contributed by atoms with Crippen molar-refractivity contribution >= 4 is 7.32 Å². The monoisotopic (exact) mass is 316 g/mol. The molecular weight excluding hydrogens is 313 g/mol. The molecule has 0 aromatic heterocycles. The molecule has 114 valence electrons. The van der Waals surface area contributed by atoms with E-state index in [0.29, 0.717) is 0 Å². The van der Waals surface area contributed by atoms with Crippen molar-refractivity contribution in [3.8, 4) is 5.75 Å². The molecule has 0 saturated heterocycles. The van der Waals surface area contributed by atoms with Gasteiger partial charge >= 0.3 is 26.2 Å². The van der Waals surface area contributed by atoms with E-state index in [1.165, 1.54) is 0 Å². The molecule has 1 aromatic rings. The van der Waals surface area contributed by atoms with E-state index in [2.05, 4.69) is 19.8 Å². The minimum absolute atomic E-state index is 0. The molecule has 0 unspecified atom stereocenters. The van der Waals surface area contributed by atoms with Crippen molar-refractivity contribution in [2.75, 3.05) is 0 Å². The van der Waals surface area contributed by atoms with Crippen LogP contribution < -0.4 is 28.5 Å². The number of rotatable bonds is 4. The van der Waals surface area contributed by atoms with E-state index in [4.69, 9.17) is 15.5 Å². The van der Waals surface area contributed by atoms with Crippen LogP contribution in [0.15, 0.2) is 0 Å². The predicted molar refractivity (Wildman–Crippen MR) is 43.3 cm³/mol. The normalized spacial score (nSPS) is 9.38. The smallest absolute Gasteiger partial charge is 0.820 e. The molecule has 21 heavy (non-hydrogen) atoms. The van der Waals surface area contributed by atoms with Crippen LogP contribution in [0.5, 0.6) is 5.75 Å². The number of halogens is 5. The van der Waals surface area contributed by atoms with Crippen LogP contribution in [0.3, 0.4) is 0 Å². The Hall–Kier alpha value is -0.948. The topological polar surface area (TPSA) is 121 Å². The van der Waals surface area contributed by atoms with Crippen molar-refractivity contribution in [1.82, 2.24) is 0 Å². The first-order chi connectivity index (χ1) is 9.27. The third kappa shape index (κ3) is 6.56. The quantitative estimate of drug-likeness (QED) is 0.134. The molecule has 0 aliphatic rings. The van der Waals surface area contributed by atoms with E-state index in [1.807, 2.05) is 0 Å². The van der Waals surface area contributed by atoms with Crippen molar-refractivity contribution in [1.29, 1.82) is 0 Å². The van der Waals surface area contributed by atoms with Gasteiger partial charge in [-0.3, -0.25) is 0 Å². The zero-order valence-corrected chi connectivity index (χ0v) is 9.85. The van der Waals surface area contributed by atoms with E-state index < -0.39 is 42.2 Å². The van der Waals surface area contributed by atoms with E-state index in [0.717, 1.165) is 0 Å². The summed E-state index contributed by atoms with van der Waals surface area (Å²) < 4.78 is 66.1. The zero-order valence-electron chi connectivity index (χ0n) is 9.85. The fraction of sp³-hybridized carbons (Fsp3) is 0. The van der Waals surface area contributed by atoms with Gasteiger partial charge in [0.15, 0.2) is 5.75 Å². The molecular formula is C6H3BF5LiO8. The van der Waals surface area contributed by atoms with Gasteiger partial charge in [-0.1, -0.05) is 0 Å². The average molecular weight is 316 g/mol. The maximum atomic E-state index is 12.7. The molecule has 0 aliphatic carbocycles. The first-order valence-electron chi connectivity index (χ1n) is 4.08. The molecule has 8 nitrogen and oxygen atoms in total. The molecule has 0 bridgehead atoms. The first-order valence-corrected chi connectivity index (χ1v) is 4.08. The molecule has 0 radical (unpaired) electrons. The Bertz CT molecular complexity index is 421. The van der Waals surface area contributed by atoms with Crippen molar-refractivity contribution < 1.29 is 81.1 Å². The van der Waals surface area contributed by atoms with Crippen LogP contribution in [0.2, 0.25) is 0 Å². The van der Waals surface area contributed by atoms with Crippen LogP contribution in [0.4, 0.5) is 22.0 Å². The van der Waals surface area contributed by atoms with Crippen LogP contribution in [0.1, 0.15) is 0 Å². The van der Waals surface area contributed by atoms with E-state index in [9.17, 15) is 27.0 Å². The Kier molecular flexibility index (Phi) is 11.4. The molecule has 0 heterocycles. The van der Waals surface area contributed by atoms with E-state index in [-0.39, 0.29) is 18.9 Å². The maximum Gasteiger partial charge on any atom is 1.00 e. The molecule has 1 aromatic carbocycles. The van der Waals surface area contributed by atoms with Crippen molar-refractivity contribution in [2.45, 2.75) is 0 Å². The molecule has 0 atom stereocenters. The molecule has 0 spiro atoms. The number of hydrogen-bond donors (Lipinski definition) is 3. The summed E-state index contributed by atoms with van der Waals surface area (Å²) in [6.07, 6.45) is 0. The van der Waals surface area contributed by atoms with E-state index in [1.54, 1.807) is 0 Å². The summed E-state index contributed by atoms with van der Waals surface area (Å²) in [5.74, 6) is -13.3. The van der Waals surface area contributed by atoms with Crippen LogP contribution in [-0.2, 0) is 15.1 Å². The first kappa shape index (κ1) is 22.3. The summed E-state index contributed by atoms with van der Waals surface area (Å²) in [6, 6.07) is 0. The summed E-state index contributed by atoms with van der Waals surface area (Å²) in [4.78, 5) is 0. The SMILES string of the molecule is OOOOO.[Li+].[O-]B(O)Oc1c(F)c(F)c(F)c(F)c1F. The summed E-state index contributed by atoms with van der Waals surface area (Å²) in [5, 5.41) is 40.5. The van der Waals surface area contributed by atoms with Crippen LogP contribution in [-0.4, -0.2) is 22.9 Å². The average Bonchev–Trinajstić information content (AvgIpc) is 2.40. The van der Waals surface area contributed by atoms with Gasteiger partial charge in [-0.25, -0.2) is 23.7 Å². The second-order valence-corrected chi connectivity index (χ2v) is 2.54. The Balaban J connectivity index is 0. The Morgan fingerprint density at radius 2 is 1.14 bits per heavy atom. The van der Waals surface area contributed by atoms with Crippen molar-refractivity contribution in [2.24, 2.45) is 0 Å². The fourth-order valence-electron chi connectivity index (χ4n) is 0.803. The molecule has 3 N–H and O–H groups in total.